The molecule has 0 radical (unpaired) electrons. The first-order chi connectivity index (χ1) is 7.63. The highest BCUT2D eigenvalue weighted by atomic mass is 16.3. The van der Waals surface area contributed by atoms with Crippen molar-refractivity contribution in [3.8, 4) is 0 Å². The van der Waals surface area contributed by atoms with Gasteiger partial charge in [0, 0.05) is 19.0 Å². The van der Waals surface area contributed by atoms with E-state index in [0.717, 1.165) is 19.4 Å². The first-order valence-electron chi connectivity index (χ1n) is 5.96. The number of rotatable bonds is 3. The molecule has 4 atom stereocenters. The Hall–Kier alpha value is -0.870. The number of hydrogen-bond donors (Lipinski definition) is 2. The van der Waals surface area contributed by atoms with E-state index in [2.05, 4.69) is 6.58 Å². The van der Waals surface area contributed by atoms with E-state index < -0.39 is 6.04 Å². The fraction of sp³-hybridized carbons (Fsp3) is 0.750. The quantitative estimate of drug-likeness (QED) is 0.669. The molecule has 1 saturated heterocycles. The molecule has 3 N–H and O–H groups in total. The summed E-state index contributed by atoms with van der Waals surface area (Å²) in [6.45, 7) is 5.03. The highest BCUT2D eigenvalue weighted by molar-refractivity contribution is 5.82. The van der Waals surface area contributed by atoms with Crippen LogP contribution in [0, 0.1) is 11.8 Å². The van der Waals surface area contributed by atoms with Crippen LogP contribution in [0.1, 0.15) is 19.3 Å². The van der Waals surface area contributed by atoms with Gasteiger partial charge in [0.05, 0.1) is 12.1 Å². The van der Waals surface area contributed by atoms with Gasteiger partial charge in [0.15, 0.2) is 0 Å². The van der Waals surface area contributed by atoms with E-state index in [9.17, 15) is 9.90 Å². The minimum atomic E-state index is -0.464. The van der Waals surface area contributed by atoms with Gasteiger partial charge in [0.25, 0.3) is 0 Å². The Morgan fingerprint density at radius 2 is 2.31 bits per heavy atom. The minimum Gasteiger partial charge on any atom is -0.393 e. The Balaban J connectivity index is 1.93. The van der Waals surface area contributed by atoms with Crippen molar-refractivity contribution in [3.05, 3.63) is 12.7 Å². The number of aliphatic hydroxyl groups excluding tert-OH is 1. The number of likely N-dealkylation sites (tertiary alicyclic amines) is 1. The van der Waals surface area contributed by atoms with Crippen LogP contribution in [0.25, 0.3) is 0 Å². The molecule has 16 heavy (non-hydrogen) atoms. The summed E-state index contributed by atoms with van der Waals surface area (Å²) < 4.78 is 0. The van der Waals surface area contributed by atoms with Gasteiger partial charge in [-0.2, -0.15) is 0 Å². The lowest BCUT2D eigenvalue weighted by Crippen LogP contribution is -2.43. The molecule has 90 valence electrons. The summed E-state index contributed by atoms with van der Waals surface area (Å²) in [5.41, 5.74) is 5.77. The van der Waals surface area contributed by atoms with Gasteiger partial charge in [0.2, 0.25) is 5.91 Å². The summed E-state index contributed by atoms with van der Waals surface area (Å²) in [7, 11) is 0. The standard InChI is InChI=1S/C12H20N2O2/c1-2-3-10(13)12(16)14-6-8-4-5-11(15)9(8)7-14/h2,8-11,15H,1,3-7,13H2. The fourth-order valence-corrected chi connectivity index (χ4v) is 2.93. The lowest BCUT2D eigenvalue weighted by Gasteiger charge is -2.21. The van der Waals surface area contributed by atoms with E-state index >= 15 is 0 Å². The van der Waals surface area contributed by atoms with E-state index in [1.54, 1.807) is 6.08 Å². The van der Waals surface area contributed by atoms with Crippen molar-refractivity contribution >= 4 is 5.91 Å². The molecule has 4 nitrogen and oxygen atoms in total. The molecular weight excluding hydrogens is 204 g/mol. The normalized spacial score (nSPS) is 34.9. The monoisotopic (exact) mass is 224 g/mol. The topological polar surface area (TPSA) is 66.6 Å². The van der Waals surface area contributed by atoms with Crippen LogP contribution in [0.4, 0.5) is 0 Å². The molecule has 2 rings (SSSR count). The zero-order valence-electron chi connectivity index (χ0n) is 9.51. The zero-order chi connectivity index (χ0) is 11.7. The molecule has 1 aliphatic heterocycles. The smallest absolute Gasteiger partial charge is 0.239 e. The summed E-state index contributed by atoms with van der Waals surface area (Å²) in [4.78, 5) is 13.8. The van der Waals surface area contributed by atoms with Crippen molar-refractivity contribution in [3.63, 3.8) is 0 Å². The number of aliphatic hydroxyl groups is 1. The Kier molecular flexibility index (Phi) is 3.30. The van der Waals surface area contributed by atoms with Gasteiger partial charge in [-0.25, -0.2) is 0 Å². The first kappa shape index (κ1) is 11.6. The van der Waals surface area contributed by atoms with E-state index in [1.807, 2.05) is 4.90 Å². The molecule has 1 amide bonds. The van der Waals surface area contributed by atoms with Gasteiger partial charge in [0.1, 0.15) is 0 Å². The second kappa shape index (κ2) is 4.55. The lowest BCUT2D eigenvalue weighted by molar-refractivity contribution is -0.131. The van der Waals surface area contributed by atoms with Crippen LogP contribution in [0.3, 0.4) is 0 Å². The fourth-order valence-electron chi connectivity index (χ4n) is 2.93. The first-order valence-corrected chi connectivity index (χ1v) is 5.96. The summed E-state index contributed by atoms with van der Waals surface area (Å²) >= 11 is 0. The maximum atomic E-state index is 11.9. The molecule has 4 unspecified atom stereocenters. The SMILES string of the molecule is C=CCC(N)C(=O)N1CC2CCC(O)C2C1. The molecule has 0 spiro atoms. The van der Waals surface area contributed by atoms with Gasteiger partial charge >= 0.3 is 0 Å². The average molecular weight is 224 g/mol. The highest BCUT2D eigenvalue weighted by Crippen LogP contribution is 2.38. The molecule has 2 fully saturated rings. The summed E-state index contributed by atoms with van der Waals surface area (Å²) in [6, 6.07) is -0.464. The molecule has 0 aromatic heterocycles. The van der Waals surface area contributed by atoms with Gasteiger partial charge in [-0.1, -0.05) is 6.08 Å². The third-order valence-corrected chi connectivity index (χ3v) is 3.87. The molecule has 4 heteroatoms. The van der Waals surface area contributed by atoms with Crippen molar-refractivity contribution in [1.82, 2.24) is 4.90 Å². The van der Waals surface area contributed by atoms with Crippen LogP contribution in [0.5, 0.6) is 0 Å². The average Bonchev–Trinajstić information content (AvgIpc) is 2.81. The molecule has 1 heterocycles. The second-order valence-corrected chi connectivity index (χ2v) is 4.94. The molecule has 0 bridgehead atoms. The number of carbonyl (C=O) groups excluding carboxylic acids is 1. The Bertz CT molecular complexity index is 293. The van der Waals surface area contributed by atoms with Crippen molar-refractivity contribution in [2.45, 2.75) is 31.4 Å². The van der Waals surface area contributed by atoms with E-state index in [-0.39, 0.29) is 17.9 Å². The third-order valence-electron chi connectivity index (χ3n) is 3.87. The Morgan fingerprint density at radius 3 is 2.94 bits per heavy atom. The van der Waals surface area contributed by atoms with Gasteiger partial charge in [-0.05, 0) is 25.2 Å². The van der Waals surface area contributed by atoms with Crippen molar-refractivity contribution < 1.29 is 9.90 Å². The van der Waals surface area contributed by atoms with E-state index in [1.165, 1.54) is 0 Å². The van der Waals surface area contributed by atoms with Gasteiger partial charge < -0.3 is 15.7 Å². The number of nitrogens with two attached hydrogens (primary N) is 1. The molecule has 2 aliphatic rings. The van der Waals surface area contributed by atoms with E-state index in [4.69, 9.17) is 5.73 Å². The maximum absolute atomic E-state index is 11.9. The van der Waals surface area contributed by atoms with Crippen LogP contribution in [-0.2, 0) is 4.79 Å². The number of carbonyl (C=O) groups is 1. The predicted molar refractivity (Wildman–Crippen MR) is 61.6 cm³/mol. The summed E-state index contributed by atoms with van der Waals surface area (Å²) in [5.74, 6) is 0.760. The zero-order valence-corrected chi connectivity index (χ0v) is 9.51. The number of hydrogen-bond acceptors (Lipinski definition) is 3. The number of nitrogens with zero attached hydrogens (tertiary/aromatic N) is 1. The minimum absolute atomic E-state index is 0.00139. The summed E-state index contributed by atoms with van der Waals surface area (Å²) in [6.07, 6.45) is 3.89. The number of fused-ring (bicyclic) bond motifs is 1. The van der Waals surface area contributed by atoms with E-state index in [0.29, 0.717) is 18.9 Å². The molecule has 1 saturated carbocycles. The van der Waals surface area contributed by atoms with Crippen LogP contribution >= 0.6 is 0 Å². The van der Waals surface area contributed by atoms with Crippen LogP contribution in [-0.4, -0.2) is 41.1 Å². The summed E-state index contributed by atoms with van der Waals surface area (Å²) in [5, 5.41) is 9.76. The van der Waals surface area contributed by atoms with Gasteiger partial charge in [-0.15, -0.1) is 6.58 Å². The van der Waals surface area contributed by atoms with Crippen LogP contribution in [0.2, 0.25) is 0 Å². The van der Waals surface area contributed by atoms with Crippen molar-refractivity contribution in [2.24, 2.45) is 17.6 Å². The Labute approximate surface area is 96.1 Å². The van der Waals surface area contributed by atoms with Crippen molar-refractivity contribution in [2.75, 3.05) is 13.1 Å². The molecular formula is C12H20N2O2. The van der Waals surface area contributed by atoms with Gasteiger partial charge in [-0.3, -0.25) is 4.79 Å². The Morgan fingerprint density at radius 1 is 1.56 bits per heavy atom. The lowest BCUT2D eigenvalue weighted by atomic mass is 10.00. The highest BCUT2D eigenvalue weighted by Gasteiger charge is 2.43. The third kappa shape index (κ3) is 1.99. The van der Waals surface area contributed by atoms with Crippen LogP contribution < -0.4 is 5.73 Å². The molecule has 0 aromatic carbocycles. The predicted octanol–water partition coefficient (Wildman–Crippen LogP) is 0.119. The molecule has 1 aliphatic carbocycles. The van der Waals surface area contributed by atoms with Crippen molar-refractivity contribution in [1.29, 1.82) is 0 Å². The largest absolute Gasteiger partial charge is 0.393 e. The number of amides is 1. The second-order valence-electron chi connectivity index (χ2n) is 4.94. The van der Waals surface area contributed by atoms with Crippen LogP contribution in [0.15, 0.2) is 12.7 Å². The maximum Gasteiger partial charge on any atom is 0.239 e. The molecule has 0 aromatic rings.